The van der Waals surface area contributed by atoms with Gasteiger partial charge in [0.2, 0.25) is 0 Å². The molecule has 0 saturated heterocycles. The molecule has 0 spiro atoms. The topological polar surface area (TPSA) is 16.3 Å². The van der Waals surface area contributed by atoms with Crippen LogP contribution in [0.3, 0.4) is 0 Å². The first kappa shape index (κ1) is 61.8. The Balaban J connectivity index is 1.06. The third-order valence-electron chi connectivity index (χ3n) is 20.7. The largest absolute Gasteiger partial charge is 0.311 e. The zero-order valence-electron chi connectivity index (χ0n) is 59.2. The highest BCUT2D eigenvalue weighted by Crippen LogP contribution is 2.51. The maximum Gasteiger partial charge on any atom is 0.252 e. The summed E-state index contributed by atoms with van der Waals surface area (Å²) in [6, 6.07) is 87.3. The van der Waals surface area contributed by atoms with Crippen molar-refractivity contribution < 1.29 is 0 Å². The van der Waals surface area contributed by atoms with E-state index in [1.807, 2.05) is 0 Å². The molecule has 4 nitrogen and oxygen atoms in total. The Bertz CT molecular complexity index is 4880. The lowest BCUT2D eigenvalue weighted by atomic mass is 9.33. The van der Waals surface area contributed by atoms with Crippen LogP contribution in [0.4, 0.5) is 34.1 Å². The standard InChI is InChI=1S/C90H91BN4/c1-85(2,3)58-48-56(49-59(52-58)86(4,5)6)64-32-27-34-68-66-30-19-23-38-74(66)92(83(64)68)62-44-46-78-72(54-62)91-73-55-63(93-75-39-24-20-31-67(75)69-35-28-33-65(84(69)93)57-50-60(87(7,8)9)53-61(51-57)88(10,11)12)45-47-79(73)95(77-41-26-22-37-71(77)90(16,17)18)81-43-29-42-80(82(81)91)94(78)76-40-25-21-36-70(76)89(13,14)15/h19-55H,1-18H3. The molecule has 4 heterocycles. The highest BCUT2D eigenvalue weighted by Gasteiger charge is 2.45. The van der Waals surface area contributed by atoms with Gasteiger partial charge in [-0.05, 0) is 166 Å². The zero-order chi connectivity index (χ0) is 66.8. The van der Waals surface area contributed by atoms with Crippen LogP contribution in [0.1, 0.15) is 158 Å². The van der Waals surface area contributed by atoms with E-state index in [0.717, 1.165) is 11.4 Å². The van der Waals surface area contributed by atoms with Gasteiger partial charge in [0.15, 0.2) is 0 Å². The number of nitrogens with zero attached hydrogens (tertiary/aromatic N) is 4. The Hall–Kier alpha value is -9.32. The van der Waals surface area contributed by atoms with Gasteiger partial charge in [-0.1, -0.05) is 276 Å². The molecule has 2 aliphatic rings. The Labute approximate surface area is 565 Å². The lowest BCUT2D eigenvalue weighted by molar-refractivity contribution is 0.568. The van der Waals surface area contributed by atoms with Gasteiger partial charge in [-0.3, -0.25) is 0 Å². The third kappa shape index (κ3) is 10.2. The van der Waals surface area contributed by atoms with Crippen LogP contribution in [-0.2, 0) is 32.5 Å². The summed E-state index contributed by atoms with van der Waals surface area (Å²) in [5.41, 5.74) is 30.4. The van der Waals surface area contributed by atoms with Gasteiger partial charge in [-0.15, -0.1) is 0 Å². The van der Waals surface area contributed by atoms with Gasteiger partial charge in [-0.2, -0.15) is 0 Å². The molecule has 95 heavy (non-hydrogen) atoms. The maximum atomic E-state index is 2.62. The summed E-state index contributed by atoms with van der Waals surface area (Å²) < 4.78 is 5.20. The third-order valence-corrected chi connectivity index (χ3v) is 20.7. The predicted octanol–water partition coefficient (Wildman–Crippen LogP) is 23.1. The first-order chi connectivity index (χ1) is 44.9. The summed E-state index contributed by atoms with van der Waals surface area (Å²) in [4.78, 5) is 5.25. The van der Waals surface area contributed by atoms with Gasteiger partial charge in [0.25, 0.3) is 6.71 Å². The molecule has 0 bridgehead atoms. The van der Waals surface area contributed by atoms with E-state index in [1.54, 1.807) is 0 Å². The van der Waals surface area contributed by atoms with E-state index >= 15 is 0 Å². The maximum absolute atomic E-state index is 2.62. The lowest BCUT2D eigenvalue weighted by Crippen LogP contribution is -2.61. The first-order valence-electron chi connectivity index (χ1n) is 34.5. The molecule has 474 valence electrons. The molecule has 0 saturated carbocycles. The van der Waals surface area contributed by atoms with Crippen molar-refractivity contribution in [3.8, 4) is 33.6 Å². The molecule has 0 aliphatic carbocycles. The van der Waals surface area contributed by atoms with Crippen LogP contribution in [0, 0.1) is 0 Å². The van der Waals surface area contributed by atoms with Crippen molar-refractivity contribution in [2.75, 3.05) is 9.80 Å². The summed E-state index contributed by atoms with van der Waals surface area (Å²) in [7, 11) is 0. The van der Waals surface area contributed by atoms with Gasteiger partial charge in [0.1, 0.15) is 0 Å². The number of anilines is 6. The van der Waals surface area contributed by atoms with E-state index < -0.39 is 0 Å². The van der Waals surface area contributed by atoms with Crippen molar-refractivity contribution in [3.05, 3.63) is 258 Å². The first-order valence-corrected chi connectivity index (χ1v) is 34.5. The molecule has 0 amide bonds. The van der Waals surface area contributed by atoms with E-state index in [0.29, 0.717) is 0 Å². The number of hydrogen-bond donors (Lipinski definition) is 0. The van der Waals surface area contributed by atoms with Crippen LogP contribution < -0.4 is 26.2 Å². The highest BCUT2D eigenvalue weighted by atomic mass is 15.2. The summed E-state index contributed by atoms with van der Waals surface area (Å²) in [6.45, 7) is 42.1. The van der Waals surface area contributed by atoms with Crippen molar-refractivity contribution in [1.82, 2.24) is 9.13 Å². The van der Waals surface area contributed by atoms with Crippen LogP contribution in [0.5, 0.6) is 0 Å². The molecule has 0 atom stereocenters. The fraction of sp³-hybridized carbons (Fsp3) is 0.267. The zero-order valence-corrected chi connectivity index (χ0v) is 59.2. The van der Waals surface area contributed by atoms with Gasteiger partial charge >= 0.3 is 0 Å². The van der Waals surface area contributed by atoms with Crippen LogP contribution in [0.2, 0.25) is 0 Å². The molecule has 15 rings (SSSR count). The van der Waals surface area contributed by atoms with E-state index in [9.17, 15) is 0 Å². The van der Waals surface area contributed by atoms with Crippen molar-refractivity contribution >= 4 is 101 Å². The fourth-order valence-corrected chi connectivity index (χ4v) is 15.7. The normalized spacial score (nSPS) is 13.7. The van der Waals surface area contributed by atoms with Crippen molar-refractivity contribution in [1.29, 1.82) is 0 Å². The quantitative estimate of drug-likeness (QED) is 0.154. The minimum atomic E-state index is -0.196. The van der Waals surface area contributed by atoms with Gasteiger partial charge in [0.05, 0.1) is 22.1 Å². The minimum Gasteiger partial charge on any atom is -0.311 e. The van der Waals surface area contributed by atoms with E-state index in [1.165, 1.54) is 150 Å². The van der Waals surface area contributed by atoms with Crippen LogP contribution in [0.25, 0.3) is 77.2 Å². The Kier molecular flexibility index (Phi) is 14.1. The van der Waals surface area contributed by atoms with E-state index in [-0.39, 0.29) is 39.2 Å². The van der Waals surface area contributed by atoms with E-state index in [2.05, 4.69) is 368 Å². The summed E-state index contributed by atoms with van der Waals surface area (Å²) >= 11 is 0. The van der Waals surface area contributed by atoms with Crippen molar-refractivity contribution in [2.45, 2.75) is 157 Å². The second kappa shape index (κ2) is 21.6. The number of benzene rings is 11. The SMILES string of the molecule is CC(C)(C)c1cc(-c2cccc3c4ccccc4n(-c4ccc5c(c4)B4c6cc(-n7c8ccccc8c8cccc(-c9cc(C(C)(C)C)cc(C(C)(C)C)c9)c87)ccc6N(c6ccccc6C(C)(C)C)c6cccc(c64)N5c4ccccc4C(C)(C)C)c23)cc(C(C)(C)C)c1. The minimum absolute atomic E-state index is 0.0552. The molecule has 11 aromatic carbocycles. The summed E-state index contributed by atoms with van der Waals surface area (Å²) in [6.07, 6.45) is 0. The molecule has 13 aromatic rings. The Morgan fingerprint density at radius 3 is 0.958 bits per heavy atom. The number of aromatic nitrogens is 2. The lowest BCUT2D eigenvalue weighted by Gasteiger charge is -2.45. The van der Waals surface area contributed by atoms with Crippen LogP contribution in [0.15, 0.2) is 224 Å². The molecule has 5 heteroatoms. The Morgan fingerprint density at radius 2 is 0.589 bits per heavy atom. The number of rotatable bonds is 6. The molecule has 0 radical (unpaired) electrons. The molecular weight excluding hydrogens is 1150 g/mol. The average molecular weight is 1240 g/mol. The number of para-hydroxylation sites is 6. The number of fused-ring (bicyclic) bond motifs is 10. The average Bonchev–Trinajstić information content (AvgIpc) is 1.57. The second-order valence-electron chi connectivity index (χ2n) is 33.5. The van der Waals surface area contributed by atoms with Crippen molar-refractivity contribution in [3.63, 3.8) is 0 Å². The van der Waals surface area contributed by atoms with Gasteiger partial charge < -0.3 is 18.9 Å². The molecule has 0 unspecified atom stereocenters. The monoisotopic (exact) mass is 1240 g/mol. The second-order valence-corrected chi connectivity index (χ2v) is 33.5. The summed E-state index contributed by atoms with van der Waals surface area (Å²) in [5, 5.41) is 4.97. The molecule has 2 aliphatic heterocycles. The van der Waals surface area contributed by atoms with Gasteiger partial charge in [0, 0.05) is 78.2 Å². The Morgan fingerprint density at radius 1 is 0.263 bits per heavy atom. The molecule has 0 N–H and O–H groups in total. The van der Waals surface area contributed by atoms with Crippen LogP contribution in [-0.4, -0.2) is 15.8 Å². The molecule has 0 fully saturated rings. The summed E-state index contributed by atoms with van der Waals surface area (Å²) in [5.74, 6) is 0. The van der Waals surface area contributed by atoms with E-state index in [4.69, 9.17) is 0 Å². The molecule has 2 aromatic heterocycles. The smallest absolute Gasteiger partial charge is 0.252 e. The fourth-order valence-electron chi connectivity index (χ4n) is 15.7. The van der Waals surface area contributed by atoms with Gasteiger partial charge in [-0.25, -0.2) is 0 Å². The predicted molar refractivity (Wildman–Crippen MR) is 412 cm³/mol. The van der Waals surface area contributed by atoms with Crippen molar-refractivity contribution in [2.24, 2.45) is 0 Å². The number of hydrogen-bond acceptors (Lipinski definition) is 2. The highest BCUT2D eigenvalue weighted by molar-refractivity contribution is 7.00. The molecular formula is C90H91BN4. The van der Waals surface area contributed by atoms with Crippen LogP contribution >= 0.6 is 0 Å².